The van der Waals surface area contributed by atoms with Crippen LogP contribution in [0.3, 0.4) is 0 Å². The van der Waals surface area contributed by atoms with E-state index in [0.717, 1.165) is 0 Å². The maximum absolute atomic E-state index is 8.56. The summed E-state index contributed by atoms with van der Waals surface area (Å²) in [5, 5.41) is 13.9. The zero-order valence-electron chi connectivity index (χ0n) is 4.51. The van der Waals surface area contributed by atoms with E-state index in [1.165, 1.54) is 0 Å². The fourth-order valence-corrected chi connectivity index (χ4v) is 0. The summed E-state index contributed by atoms with van der Waals surface area (Å²) in [6.45, 7) is 0. The van der Waals surface area contributed by atoms with Crippen molar-refractivity contribution < 1.29 is 67.8 Å². The number of rotatable bonds is 0. The van der Waals surface area contributed by atoms with E-state index < -0.39 is 6.16 Å². The molecule has 1 unspecified atom stereocenters. The predicted octanol–water partition coefficient (Wildman–Crippen LogP) is -3.85. The summed E-state index contributed by atoms with van der Waals surface area (Å²) in [6.07, 6.45) is -1.83. The van der Waals surface area contributed by atoms with Crippen LogP contribution in [0.1, 0.15) is 1.43 Å². The van der Waals surface area contributed by atoms with E-state index >= 15 is 0 Å². The summed E-state index contributed by atoms with van der Waals surface area (Å²) in [5.41, 5.74) is 0. The molecule has 0 aromatic heterocycles. The van der Waals surface area contributed by atoms with Gasteiger partial charge in [0, 0.05) is 0 Å². The Labute approximate surface area is 90.3 Å². The van der Waals surface area contributed by atoms with Gasteiger partial charge in [-0.15, -0.1) is 0 Å². The summed E-state index contributed by atoms with van der Waals surface area (Å²) in [7, 11) is 0. The van der Waals surface area contributed by atoms with Crippen molar-refractivity contribution in [3.63, 3.8) is 0 Å². The van der Waals surface area contributed by atoms with Gasteiger partial charge in [-0.05, 0) is 0 Å². The topological polar surface area (TPSA) is 57.5 Å². The second-order valence-electron chi connectivity index (χ2n) is 0.283. The second kappa shape index (κ2) is 9.69. The summed E-state index contributed by atoms with van der Waals surface area (Å²) in [5.74, 6) is 0. The molecule has 6 heavy (non-hydrogen) atoms. The van der Waals surface area contributed by atoms with Crippen LogP contribution in [0.25, 0.3) is 0 Å². The van der Waals surface area contributed by atoms with Gasteiger partial charge < -0.3 is 11.6 Å². The minimum Gasteiger partial charge on any atom is -1.00 e. The van der Waals surface area contributed by atoms with E-state index in [1.54, 1.807) is 0 Å². The van der Waals surface area contributed by atoms with Crippen molar-refractivity contribution in [2.45, 2.75) is 0 Å². The zero-order chi connectivity index (χ0) is 3.58. The van der Waals surface area contributed by atoms with E-state index in [2.05, 4.69) is 0 Å². The summed E-state index contributed by atoms with van der Waals surface area (Å²) >= 11 is 0. The Kier molecular flexibility index (Phi) is 25.3. The van der Waals surface area contributed by atoms with Gasteiger partial charge in [0.25, 0.3) is 0 Å². The molecule has 0 fully saturated rings. The molecule has 5 heteroatoms. The van der Waals surface area contributed by atoms with Gasteiger partial charge in [0.2, 0.25) is 0 Å². The first-order valence-corrected chi connectivity index (χ1v) is 0.651. The third-order valence-corrected chi connectivity index (χ3v) is 0. The fraction of sp³-hybridized carbons (Fsp3) is 0. The Bertz CT molecular complexity index is 37.9. The molecule has 0 rings (SSSR count). The smallest absolute Gasteiger partial charge is 1.00 e. The average molecular weight is 180 g/mol. The van der Waals surface area contributed by atoms with Crippen molar-refractivity contribution in [3.8, 4) is 0 Å². The molecule has 0 saturated carbocycles. The number of carboxylic acid groups (broad SMARTS) is 2. The molecule has 2 N–H and O–H groups in total. The van der Waals surface area contributed by atoms with Crippen molar-refractivity contribution in [1.29, 1.82) is 0 Å². The van der Waals surface area contributed by atoms with E-state index in [1.807, 2.05) is 0 Å². The molecule has 0 saturated heterocycles. The van der Waals surface area contributed by atoms with Crippen LogP contribution in [0.4, 0.5) is 4.79 Å². The first-order valence-electron chi connectivity index (χ1n) is 0.651. The van der Waals surface area contributed by atoms with Gasteiger partial charge >= 0.3 is 75.5 Å². The van der Waals surface area contributed by atoms with Crippen molar-refractivity contribution in [2.24, 2.45) is 0 Å². The molecule has 0 aromatic carbocycles. The molecule has 34 valence electrons. The van der Waals surface area contributed by atoms with Crippen molar-refractivity contribution in [3.05, 3.63) is 0 Å². The van der Waals surface area contributed by atoms with E-state index in [4.69, 9.17) is 15.0 Å². The number of hydrogen-bond acceptors (Lipinski definition) is 1. The molecule has 0 aromatic rings. The van der Waals surface area contributed by atoms with Crippen LogP contribution in [0.5, 0.6) is 0 Å². The van der Waals surface area contributed by atoms with Crippen LogP contribution in [-0.2, 0) is 0 Å². The summed E-state index contributed by atoms with van der Waals surface area (Å²) < 4.78 is 0. The molecule has 0 radical (unpaired) electrons. The van der Waals surface area contributed by atoms with Crippen molar-refractivity contribution >= 4 is 24.1 Å². The molecule has 0 aliphatic rings. The first kappa shape index (κ1) is 15.7. The van der Waals surface area contributed by atoms with Crippen LogP contribution in [0.2, 0.25) is 0 Å². The van der Waals surface area contributed by atoms with Crippen LogP contribution < -0.4 is 51.4 Å². The van der Waals surface area contributed by atoms with E-state index in [0.29, 0.717) is 0 Å². The maximum atomic E-state index is 8.56. The third-order valence-electron chi connectivity index (χ3n) is 0. The van der Waals surface area contributed by atoms with Gasteiger partial charge in [-0.25, -0.2) is 4.79 Å². The molecule has 3 nitrogen and oxygen atoms in total. The zero-order valence-corrected chi connectivity index (χ0v) is 9.60. The van der Waals surface area contributed by atoms with Crippen LogP contribution >= 0.6 is 0 Å². The van der Waals surface area contributed by atoms with Gasteiger partial charge in [0.05, 0.1) is 0 Å². The van der Waals surface area contributed by atoms with E-state index in [9.17, 15) is 0 Å². The van der Waals surface area contributed by atoms with Crippen LogP contribution in [0, 0.1) is 0 Å². The van der Waals surface area contributed by atoms with Crippen molar-refractivity contribution in [2.75, 3.05) is 0 Å². The van der Waals surface area contributed by atoms with Crippen molar-refractivity contribution in [1.82, 2.24) is 0 Å². The van der Waals surface area contributed by atoms with Gasteiger partial charge in [-0.3, -0.25) is 0 Å². The largest absolute Gasteiger partial charge is 1.00 e. The molecule has 0 aliphatic carbocycles. The van der Waals surface area contributed by atoms with Crippen LogP contribution in [0.15, 0.2) is 0 Å². The van der Waals surface area contributed by atoms with Gasteiger partial charge in [0.1, 0.15) is 0 Å². The second-order valence-corrected chi connectivity index (χ2v) is 0.283. The molecule has 0 bridgehead atoms. The molecule has 1 atom stereocenters. The number of hydrogen-bond donors (Lipinski definition) is 2. The predicted molar refractivity (Wildman–Crippen MR) is 21.7 cm³/mol. The number of carbonyl (C=O) groups is 1. The molecule has 0 heterocycles. The minimum atomic E-state index is -1.83. The van der Waals surface area contributed by atoms with Gasteiger partial charge in [0.15, 0.2) is 0 Å². The SMILES string of the molecule is O=C(O)O.[AsH3].[H-].[K+]. The quantitative estimate of drug-likeness (QED) is 0.375. The Hall–Kier alpha value is 1.46. The molecule has 0 aliphatic heterocycles. The van der Waals surface area contributed by atoms with Gasteiger partial charge in [-0.1, -0.05) is 0 Å². The Balaban J connectivity index is -0.0000000150. The summed E-state index contributed by atoms with van der Waals surface area (Å²) in [6, 6.07) is 0. The molecular formula is CH6AsKO3. The third kappa shape index (κ3) is 50.8. The standard InChI is InChI=1S/CH2O3.AsH3.K.H/c2-1(3)4;;;/h(H2,2,3,4);1H3;;/q;;+1;-1. The Morgan fingerprint density at radius 1 is 1.50 bits per heavy atom. The maximum Gasteiger partial charge on any atom is 1.00 e. The molecular weight excluding hydrogens is 174 g/mol. The normalized spacial score (nSPS) is 4.00. The van der Waals surface area contributed by atoms with Gasteiger partial charge in [-0.2, -0.15) is 0 Å². The Morgan fingerprint density at radius 3 is 1.50 bits per heavy atom. The monoisotopic (exact) mass is 180 g/mol. The average Bonchev–Trinajstić information content (AvgIpc) is 0.811. The minimum absolute atomic E-state index is 0. The summed E-state index contributed by atoms with van der Waals surface area (Å²) in [4.78, 5) is 8.56. The molecule has 0 amide bonds. The Morgan fingerprint density at radius 2 is 1.50 bits per heavy atom. The van der Waals surface area contributed by atoms with E-state index in [-0.39, 0.29) is 70.8 Å². The van der Waals surface area contributed by atoms with Crippen LogP contribution in [-0.4, -0.2) is 34.3 Å². The first-order chi connectivity index (χ1) is 1.73. The fourth-order valence-electron chi connectivity index (χ4n) is 0. The molecule has 0 spiro atoms.